The Morgan fingerprint density at radius 3 is 2.86 bits per heavy atom. The van der Waals surface area contributed by atoms with Gasteiger partial charge in [0.2, 0.25) is 10.0 Å². The molecule has 2 heterocycles. The lowest BCUT2D eigenvalue weighted by molar-refractivity contribution is 0.0572. The predicted octanol–water partition coefficient (Wildman–Crippen LogP) is 1.25. The summed E-state index contributed by atoms with van der Waals surface area (Å²) in [6.45, 7) is 1.32. The van der Waals surface area contributed by atoms with Gasteiger partial charge in [-0.05, 0) is 31.0 Å². The number of thiophene rings is 1. The van der Waals surface area contributed by atoms with Gasteiger partial charge >= 0.3 is 0 Å². The molecule has 1 aromatic heterocycles. The number of benzene rings is 1. The van der Waals surface area contributed by atoms with Crippen LogP contribution in [0.25, 0.3) is 10.1 Å². The van der Waals surface area contributed by atoms with Gasteiger partial charge in [-0.15, -0.1) is 11.3 Å². The third-order valence-corrected chi connectivity index (χ3v) is 6.77. The lowest BCUT2D eigenvalue weighted by Gasteiger charge is -2.22. The number of nitrogens with zero attached hydrogens (tertiary/aromatic N) is 1. The van der Waals surface area contributed by atoms with Crippen molar-refractivity contribution in [2.75, 3.05) is 26.7 Å². The molecule has 0 spiro atoms. The Morgan fingerprint density at radius 1 is 1.43 bits per heavy atom. The number of aliphatic hydroxyl groups is 1. The maximum atomic E-state index is 12.4. The molecule has 0 bridgehead atoms. The number of fused-ring (bicyclic) bond motifs is 1. The Hall–Kier alpha value is -0.990. The minimum Gasteiger partial charge on any atom is -0.387 e. The van der Waals surface area contributed by atoms with Crippen LogP contribution in [0.15, 0.2) is 34.5 Å². The summed E-state index contributed by atoms with van der Waals surface area (Å²) < 4.78 is 28.5. The van der Waals surface area contributed by atoms with Crippen LogP contribution in [0.1, 0.15) is 6.42 Å². The number of likely N-dealkylation sites (tertiary alicyclic amines) is 1. The van der Waals surface area contributed by atoms with Crippen LogP contribution < -0.4 is 4.72 Å². The molecule has 1 saturated heterocycles. The Labute approximate surface area is 128 Å². The van der Waals surface area contributed by atoms with E-state index in [0.29, 0.717) is 17.2 Å². The number of sulfonamides is 1. The zero-order valence-electron chi connectivity index (χ0n) is 11.7. The van der Waals surface area contributed by atoms with Gasteiger partial charge in [0.05, 0.1) is 5.60 Å². The van der Waals surface area contributed by atoms with Crippen LogP contribution in [0, 0.1) is 0 Å². The monoisotopic (exact) mass is 326 g/mol. The number of rotatable bonds is 4. The number of β-amino-alcohol motifs (C(OH)–C–C–N with tert-alkyl or cyclic N) is 1. The molecule has 1 fully saturated rings. The molecule has 0 saturated carbocycles. The highest BCUT2D eigenvalue weighted by atomic mass is 32.2. The lowest BCUT2D eigenvalue weighted by Crippen LogP contribution is -2.44. The first-order chi connectivity index (χ1) is 9.88. The van der Waals surface area contributed by atoms with Crippen LogP contribution in [-0.4, -0.2) is 50.7 Å². The van der Waals surface area contributed by atoms with E-state index in [0.717, 1.165) is 16.6 Å². The van der Waals surface area contributed by atoms with Gasteiger partial charge in [-0.1, -0.05) is 18.2 Å². The summed E-state index contributed by atoms with van der Waals surface area (Å²) in [4.78, 5) is 1.99. The van der Waals surface area contributed by atoms with Gasteiger partial charge in [0, 0.05) is 24.3 Å². The molecule has 1 atom stereocenters. The Balaban J connectivity index is 1.77. The van der Waals surface area contributed by atoms with Crippen molar-refractivity contribution >= 4 is 31.4 Å². The average Bonchev–Trinajstić information content (AvgIpc) is 3.01. The largest absolute Gasteiger partial charge is 0.387 e. The average molecular weight is 326 g/mol. The minimum absolute atomic E-state index is 0.0495. The molecule has 1 aliphatic heterocycles. The summed E-state index contributed by atoms with van der Waals surface area (Å²) in [5, 5.41) is 11.3. The number of nitrogens with one attached hydrogen (secondary N) is 1. The van der Waals surface area contributed by atoms with Crippen LogP contribution in [-0.2, 0) is 10.0 Å². The summed E-state index contributed by atoms with van der Waals surface area (Å²) in [5.41, 5.74) is -0.974. The first kappa shape index (κ1) is 14.9. The molecule has 1 unspecified atom stereocenters. The molecule has 2 N–H and O–H groups in total. The maximum Gasteiger partial charge on any atom is 0.250 e. The van der Waals surface area contributed by atoms with E-state index >= 15 is 0 Å². The third-order valence-electron chi connectivity index (χ3n) is 3.78. The van der Waals surface area contributed by atoms with Gasteiger partial charge in [-0.2, -0.15) is 0 Å². The molecule has 0 amide bonds. The van der Waals surface area contributed by atoms with Gasteiger partial charge < -0.3 is 10.0 Å². The molecule has 114 valence electrons. The van der Waals surface area contributed by atoms with Crippen molar-refractivity contribution in [1.82, 2.24) is 9.62 Å². The van der Waals surface area contributed by atoms with E-state index in [2.05, 4.69) is 4.72 Å². The topological polar surface area (TPSA) is 69.6 Å². The van der Waals surface area contributed by atoms with Crippen molar-refractivity contribution in [3.05, 3.63) is 30.3 Å². The van der Waals surface area contributed by atoms with Gasteiger partial charge in [-0.3, -0.25) is 0 Å². The normalized spacial score (nSPS) is 23.9. The van der Waals surface area contributed by atoms with Crippen molar-refractivity contribution < 1.29 is 13.5 Å². The highest BCUT2D eigenvalue weighted by Gasteiger charge is 2.35. The molecular weight excluding hydrogens is 308 g/mol. The lowest BCUT2D eigenvalue weighted by atomic mass is 10.0. The van der Waals surface area contributed by atoms with E-state index in [1.165, 1.54) is 11.3 Å². The highest BCUT2D eigenvalue weighted by molar-refractivity contribution is 7.91. The van der Waals surface area contributed by atoms with E-state index in [4.69, 9.17) is 0 Å². The molecule has 21 heavy (non-hydrogen) atoms. The van der Waals surface area contributed by atoms with Crippen molar-refractivity contribution in [3.8, 4) is 0 Å². The van der Waals surface area contributed by atoms with Crippen LogP contribution in [0.2, 0.25) is 0 Å². The summed E-state index contributed by atoms with van der Waals surface area (Å²) in [7, 11) is -1.66. The van der Waals surface area contributed by atoms with Crippen LogP contribution >= 0.6 is 11.3 Å². The Kier molecular flexibility index (Phi) is 3.79. The number of hydrogen-bond donors (Lipinski definition) is 2. The Morgan fingerprint density at radius 2 is 2.19 bits per heavy atom. The fourth-order valence-corrected chi connectivity index (χ4v) is 5.16. The number of hydrogen-bond acceptors (Lipinski definition) is 5. The van der Waals surface area contributed by atoms with E-state index in [1.807, 2.05) is 36.2 Å². The third kappa shape index (κ3) is 3.12. The zero-order chi connectivity index (χ0) is 15.1. The van der Waals surface area contributed by atoms with Gasteiger partial charge in [0.25, 0.3) is 0 Å². The summed E-state index contributed by atoms with van der Waals surface area (Å²) >= 11 is 1.24. The van der Waals surface area contributed by atoms with Gasteiger partial charge in [0.15, 0.2) is 0 Å². The molecule has 0 aliphatic carbocycles. The SMILES string of the molecule is CN1CCC(O)(CNS(=O)(=O)c2cc3ccccc3s2)C1. The van der Waals surface area contributed by atoms with Crippen molar-refractivity contribution in [3.63, 3.8) is 0 Å². The molecule has 3 rings (SSSR count). The quantitative estimate of drug-likeness (QED) is 0.887. The molecule has 5 nitrogen and oxygen atoms in total. The molecule has 2 aromatic rings. The number of likely N-dealkylation sites (N-methyl/N-ethyl adjacent to an activating group) is 1. The second-order valence-corrected chi connectivity index (χ2v) is 8.72. The van der Waals surface area contributed by atoms with E-state index in [-0.39, 0.29) is 6.54 Å². The molecule has 7 heteroatoms. The first-order valence-corrected chi connectivity index (χ1v) is 9.07. The van der Waals surface area contributed by atoms with Crippen LogP contribution in [0.3, 0.4) is 0 Å². The predicted molar refractivity (Wildman–Crippen MR) is 84.1 cm³/mol. The van der Waals surface area contributed by atoms with Gasteiger partial charge in [-0.25, -0.2) is 13.1 Å². The summed E-state index contributed by atoms with van der Waals surface area (Å²) in [5.74, 6) is 0. The van der Waals surface area contributed by atoms with Crippen molar-refractivity contribution in [1.29, 1.82) is 0 Å². The van der Waals surface area contributed by atoms with Crippen LogP contribution in [0.5, 0.6) is 0 Å². The van der Waals surface area contributed by atoms with E-state index < -0.39 is 15.6 Å². The molecule has 1 aliphatic rings. The second kappa shape index (κ2) is 5.33. The van der Waals surface area contributed by atoms with Gasteiger partial charge in [0.1, 0.15) is 4.21 Å². The molecule has 0 radical (unpaired) electrons. The maximum absolute atomic E-state index is 12.4. The zero-order valence-corrected chi connectivity index (χ0v) is 13.4. The molecule has 1 aromatic carbocycles. The standard InChI is InChI=1S/C14H18N2O3S2/c1-16-7-6-14(17,10-16)9-15-21(18,19)13-8-11-4-2-3-5-12(11)20-13/h2-5,8,15,17H,6-7,9-10H2,1H3. The first-order valence-electron chi connectivity index (χ1n) is 6.77. The van der Waals surface area contributed by atoms with E-state index in [9.17, 15) is 13.5 Å². The highest BCUT2D eigenvalue weighted by Crippen LogP contribution is 2.29. The fourth-order valence-electron chi connectivity index (χ4n) is 2.59. The minimum atomic E-state index is -3.58. The summed E-state index contributed by atoms with van der Waals surface area (Å²) in [6, 6.07) is 9.24. The van der Waals surface area contributed by atoms with E-state index in [1.54, 1.807) is 6.07 Å². The van der Waals surface area contributed by atoms with Crippen molar-refractivity contribution in [2.45, 2.75) is 16.2 Å². The van der Waals surface area contributed by atoms with Crippen molar-refractivity contribution in [2.24, 2.45) is 0 Å². The van der Waals surface area contributed by atoms with Crippen LogP contribution in [0.4, 0.5) is 0 Å². The second-order valence-electron chi connectivity index (χ2n) is 5.64. The summed E-state index contributed by atoms with van der Waals surface area (Å²) in [6.07, 6.45) is 0.582. The molecular formula is C14H18N2O3S2. The fraction of sp³-hybridized carbons (Fsp3) is 0.429. The smallest absolute Gasteiger partial charge is 0.250 e. The Bertz CT molecular complexity index is 723.